The zero-order chi connectivity index (χ0) is 11.9. The molecule has 1 fully saturated rings. The summed E-state index contributed by atoms with van der Waals surface area (Å²) in [6.07, 6.45) is 2.06. The Kier molecular flexibility index (Phi) is 5.45. The van der Waals surface area contributed by atoms with E-state index in [4.69, 9.17) is 13.3 Å². The van der Waals surface area contributed by atoms with E-state index >= 15 is 0 Å². The Bertz CT molecular complexity index is 318. The molecule has 0 amide bonds. The van der Waals surface area contributed by atoms with E-state index in [1.54, 1.807) is 0 Å². The fourth-order valence-electron chi connectivity index (χ4n) is 1.93. The summed E-state index contributed by atoms with van der Waals surface area (Å²) in [6, 6.07) is 10.2. The lowest BCUT2D eigenvalue weighted by Gasteiger charge is -2.22. The first-order valence-electron chi connectivity index (χ1n) is 5.91. The van der Waals surface area contributed by atoms with E-state index in [1.807, 2.05) is 18.2 Å². The molecule has 94 valence electrons. The van der Waals surface area contributed by atoms with Gasteiger partial charge in [0.1, 0.15) is 6.10 Å². The molecule has 4 heteroatoms. The molecule has 0 saturated carbocycles. The van der Waals surface area contributed by atoms with Crippen LogP contribution >= 0.6 is 16.3 Å². The summed E-state index contributed by atoms with van der Waals surface area (Å²) in [6.45, 7) is 2.00. The van der Waals surface area contributed by atoms with Crippen LogP contribution in [0, 0.1) is 0 Å². The van der Waals surface area contributed by atoms with Crippen molar-refractivity contribution >= 4 is 16.3 Å². The minimum atomic E-state index is -0.0267. The molecule has 1 aromatic carbocycles. The van der Waals surface area contributed by atoms with Crippen LogP contribution in [0.15, 0.2) is 30.3 Å². The topological polar surface area (TPSA) is 27.7 Å². The van der Waals surface area contributed by atoms with Crippen molar-refractivity contribution < 1.29 is 13.3 Å². The van der Waals surface area contributed by atoms with Gasteiger partial charge < -0.3 is 9.47 Å². The summed E-state index contributed by atoms with van der Waals surface area (Å²) in [7, 11) is 0. The smallest absolute Gasteiger partial charge is 0.121 e. The maximum Gasteiger partial charge on any atom is 0.121 e. The third kappa shape index (κ3) is 4.07. The molecule has 2 atom stereocenters. The Labute approximate surface area is 111 Å². The Hall–Kier alpha value is -0.420. The van der Waals surface area contributed by atoms with Gasteiger partial charge in [0.25, 0.3) is 0 Å². The van der Waals surface area contributed by atoms with Crippen molar-refractivity contribution in [2.45, 2.75) is 31.7 Å². The van der Waals surface area contributed by atoms with Crippen LogP contribution in [0.5, 0.6) is 0 Å². The van der Waals surface area contributed by atoms with E-state index in [0.29, 0.717) is 13.2 Å². The van der Waals surface area contributed by atoms with Crippen LogP contribution in [0.2, 0.25) is 0 Å². The zero-order valence-corrected chi connectivity index (χ0v) is 11.3. The molecule has 3 nitrogen and oxygen atoms in total. The van der Waals surface area contributed by atoms with Crippen molar-refractivity contribution in [2.75, 3.05) is 13.2 Å². The van der Waals surface area contributed by atoms with Gasteiger partial charge in [-0.2, -0.15) is 0 Å². The fourth-order valence-corrected chi connectivity index (χ4v) is 2.28. The summed E-state index contributed by atoms with van der Waals surface area (Å²) >= 11 is 3.05. The average molecular weight is 301 g/mol. The van der Waals surface area contributed by atoms with Gasteiger partial charge in [-0.3, -0.25) is 3.83 Å². The van der Waals surface area contributed by atoms with Gasteiger partial charge in [-0.05, 0) is 18.4 Å². The summed E-state index contributed by atoms with van der Waals surface area (Å²) in [4.78, 5) is 0. The second-order valence-electron chi connectivity index (χ2n) is 4.18. The maximum absolute atomic E-state index is 5.92. The first-order valence-corrected chi connectivity index (χ1v) is 6.55. The van der Waals surface area contributed by atoms with Gasteiger partial charge in [-0.1, -0.05) is 30.3 Å². The lowest BCUT2D eigenvalue weighted by molar-refractivity contribution is -0.0419. The predicted octanol–water partition coefficient (Wildman–Crippen LogP) is 3.08. The van der Waals surface area contributed by atoms with Crippen molar-refractivity contribution in [3.63, 3.8) is 0 Å². The van der Waals surface area contributed by atoms with Gasteiger partial charge in [0.2, 0.25) is 0 Å². The van der Waals surface area contributed by atoms with Crippen molar-refractivity contribution in [3.8, 4) is 0 Å². The number of rotatable bonds is 4. The molecular weight excluding hydrogens is 284 g/mol. The minimum absolute atomic E-state index is 0.0267. The van der Waals surface area contributed by atoms with Gasteiger partial charge in [-0.15, -0.1) is 0 Å². The second-order valence-corrected chi connectivity index (χ2v) is 4.55. The van der Waals surface area contributed by atoms with Crippen LogP contribution in [0.25, 0.3) is 0 Å². The molecule has 1 aliphatic heterocycles. The maximum atomic E-state index is 5.92. The predicted molar refractivity (Wildman–Crippen MR) is 68.9 cm³/mol. The molecule has 0 spiro atoms. The largest absolute Gasteiger partial charge is 0.379 e. The number of hydrogen-bond donors (Lipinski definition) is 0. The fraction of sp³-hybridized carbons (Fsp3) is 0.538. The number of ether oxygens (including phenoxy) is 2. The van der Waals surface area contributed by atoms with E-state index in [1.165, 1.54) is 5.56 Å². The molecule has 1 heterocycles. The number of halogens is 1. The number of hydrogen-bond acceptors (Lipinski definition) is 3. The van der Waals surface area contributed by atoms with Gasteiger partial charge in [0.05, 0.1) is 35.6 Å². The first-order chi connectivity index (χ1) is 8.40. The zero-order valence-electron chi connectivity index (χ0n) is 9.68. The Morgan fingerprint density at radius 1 is 1.24 bits per heavy atom. The highest BCUT2D eigenvalue weighted by Gasteiger charge is 2.25. The molecule has 1 aromatic rings. The monoisotopic (exact) mass is 300 g/mol. The lowest BCUT2D eigenvalue weighted by atomic mass is 10.1. The Morgan fingerprint density at radius 2 is 2.06 bits per heavy atom. The van der Waals surface area contributed by atoms with E-state index in [-0.39, 0.29) is 12.2 Å². The molecule has 1 saturated heterocycles. The van der Waals surface area contributed by atoms with Crippen molar-refractivity contribution in [1.29, 1.82) is 0 Å². The highest BCUT2D eigenvalue weighted by molar-refractivity contribution is 9.06. The molecule has 1 aliphatic rings. The molecular formula is C13H17BrO3. The second kappa shape index (κ2) is 7.11. The molecule has 2 unspecified atom stereocenters. The SMILES string of the molecule is BrOC1COCCCC1OCc1ccccc1. The average Bonchev–Trinajstić information content (AvgIpc) is 2.62. The van der Waals surface area contributed by atoms with Crippen LogP contribution in [-0.2, 0) is 19.9 Å². The lowest BCUT2D eigenvalue weighted by Crippen LogP contribution is -2.31. The van der Waals surface area contributed by atoms with Gasteiger partial charge >= 0.3 is 0 Å². The molecule has 17 heavy (non-hydrogen) atoms. The first kappa shape index (κ1) is 13.0. The van der Waals surface area contributed by atoms with Gasteiger partial charge in [0, 0.05) is 6.61 Å². The quantitative estimate of drug-likeness (QED) is 0.855. The van der Waals surface area contributed by atoms with Gasteiger partial charge in [0.15, 0.2) is 0 Å². The molecule has 0 aromatic heterocycles. The molecule has 2 rings (SSSR count). The summed E-state index contributed by atoms with van der Waals surface area (Å²) < 4.78 is 16.6. The standard InChI is InChI=1S/C13H17BrO3/c14-17-13-10-15-8-4-7-12(13)16-9-11-5-2-1-3-6-11/h1-3,5-6,12-13H,4,7-10H2. The molecule has 0 aliphatic carbocycles. The molecule has 0 bridgehead atoms. The molecule has 0 N–H and O–H groups in total. The molecule has 0 radical (unpaired) electrons. The van der Waals surface area contributed by atoms with E-state index in [2.05, 4.69) is 28.4 Å². The summed E-state index contributed by atoms with van der Waals surface area (Å²) in [5.74, 6) is 0. The normalized spacial score (nSPS) is 25.5. The van der Waals surface area contributed by atoms with Crippen molar-refractivity contribution in [2.24, 2.45) is 0 Å². The van der Waals surface area contributed by atoms with E-state index in [0.717, 1.165) is 19.4 Å². The van der Waals surface area contributed by atoms with E-state index < -0.39 is 0 Å². The van der Waals surface area contributed by atoms with Crippen molar-refractivity contribution in [3.05, 3.63) is 35.9 Å². The summed E-state index contributed by atoms with van der Waals surface area (Å²) in [5.41, 5.74) is 1.19. The third-order valence-corrected chi connectivity index (χ3v) is 3.38. The van der Waals surface area contributed by atoms with E-state index in [9.17, 15) is 0 Å². The van der Waals surface area contributed by atoms with Crippen LogP contribution < -0.4 is 0 Å². The number of benzene rings is 1. The highest BCUT2D eigenvalue weighted by atomic mass is 79.9. The Morgan fingerprint density at radius 3 is 2.82 bits per heavy atom. The third-order valence-electron chi connectivity index (χ3n) is 2.90. The van der Waals surface area contributed by atoms with Crippen LogP contribution in [0.1, 0.15) is 18.4 Å². The highest BCUT2D eigenvalue weighted by Crippen LogP contribution is 2.19. The van der Waals surface area contributed by atoms with Crippen LogP contribution in [0.3, 0.4) is 0 Å². The summed E-state index contributed by atoms with van der Waals surface area (Å²) in [5, 5.41) is 0. The minimum Gasteiger partial charge on any atom is -0.379 e. The van der Waals surface area contributed by atoms with Gasteiger partial charge in [-0.25, -0.2) is 0 Å². The Balaban J connectivity index is 1.87. The van der Waals surface area contributed by atoms with Crippen molar-refractivity contribution in [1.82, 2.24) is 0 Å². The van der Waals surface area contributed by atoms with Crippen LogP contribution in [-0.4, -0.2) is 25.4 Å². The van der Waals surface area contributed by atoms with Crippen LogP contribution in [0.4, 0.5) is 0 Å².